The van der Waals surface area contributed by atoms with E-state index in [9.17, 15) is 4.79 Å². The fourth-order valence-electron chi connectivity index (χ4n) is 2.01. The van der Waals surface area contributed by atoms with Gasteiger partial charge in [0.05, 0.1) is 13.0 Å². The minimum absolute atomic E-state index is 0.214. The van der Waals surface area contributed by atoms with E-state index in [1.807, 2.05) is 6.08 Å². The number of rotatable bonds is 5. The van der Waals surface area contributed by atoms with Crippen molar-refractivity contribution in [1.82, 2.24) is 9.97 Å². The molecule has 1 aliphatic rings. The first-order chi connectivity index (χ1) is 9.29. The number of esters is 1. The van der Waals surface area contributed by atoms with Gasteiger partial charge in [-0.25, -0.2) is 9.97 Å². The molecule has 1 aromatic rings. The quantitative estimate of drug-likeness (QED) is 0.759. The summed E-state index contributed by atoms with van der Waals surface area (Å²) in [5, 5.41) is 0. The van der Waals surface area contributed by atoms with Crippen LogP contribution in [0.1, 0.15) is 31.7 Å². The molecule has 1 aromatic heterocycles. The summed E-state index contributed by atoms with van der Waals surface area (Å²) in [6, 6.07) is 0. The summed E-state index contributed by atoms with van der Waals surface area (Å²) in [5.74, 6) is 0.577. The number of hydrogen-bond donors (Lipinski definition) is 0. The van der Waals surface area contributed by atoms with Crippen molar-refractivity contribution in [3.05, 3.63) is 24.0 Å². The normalized spacial score (nSPS) is 15.1. The van der Waals surface area contributed by atoms with E-state index < -0.39 is 0 Å². The van der Waals surface area contributed by atoms with Gasteiger partial charge in [-0.1, -0.05) is 12.2 Å². The van der Waals surface area contributed by atoms with Crippen molar-refractivity contribution in [3.8, 4) is 0 Å². The number of hydrogen-bond acceptors (Lipinski definition) is 5. The van der Waals surface area contributed by atoms with Crippen molar-refractivity contribution in [2.45, 2.75) is 26.2 Å². The highest BCUT2D eigenvalue weighted by molar-refractivity contribution is 5.72. The lowest BCUT2D eigenvalue weighted by molar-refractivity contribution is -0.142. The molecule has 1 aliphatic heterocycles. The molecular formula is C14H19N3O2. The minimum atomic E-state index is -0.214. The van der Waals surface area contributed by atoms with Crippen molar-refractivity contribution < 1.29 is 9.53 Å². The van der Waals surface area contributed by atoms with Gasteiger partial charge in [0, 0.05) is 31.0 Å². The second kappa shape index (κ2) is 6.87. The molecule has 102 valence electrons. The Labute approximate surface area is 113 Å². The van der Waals surface area contributed by atoms with E-state index in [1.165, 1.54) is 12.8 Å². The SMILES string of the molecule is CCOC(=O)CC=Cc1cnc(N2CCCC2)nc1. The summed E-state index contributed by atoms with van der Waals surface area (Å²) >= 11 is 0. The van der Waals surface area contributed by atoms with Crippen LogP contribution in [0, 0.1) is 0 Å². The number of nitrogens with zero attached hydrogens (tertiary/aromatic N) is 3. The highest BCUT2D eigenvalue weighted by atomic mass is 16.5. The zero-order valence-electron chi connectivity index (χ0n) is 11.2. The van der Waals surface area contributed by atoms with E-state index in [2.05, 4.69) is 14.9 Å². The Morgan fingerprint density at radius 3 is 2.68 bits per heavy atom. The molecule has 0 bridgehead atoms. The maximum absolute atomic E-state index is 11.1. The Morgan fingerprint density at radius 2 is 2.05 bits per heavy atom. The van der Waals surface area contributed by atoms with Crippen LogP contribution >= 0.6 is 0 Å². The van der Waals surface area contributed by atoms with Crippen LogP contribution in [0.2, 0.25) is 0 Å². The third-order valence-corrected chi connectivity index (χ3v) is 2.95. The highest BCUT2D eigenvalue weighted by Crippen LogP contribution is 2.15. The zero-order chi connectivity index (χ0) is 13.5. The first-order valence-corrected chi connectivity index (χ1v) is 6.68. The molecule has 0 atom stereocenters. The van der Waals surface area contributed by atoms with Gasteiger partial charge in [0.1, 0.15) is 0 Å². The predicted octanol–water partition coefficient (Wildman–Crippen LogP) is 2.04. The van der Waals surface area contributed by atoms with E-state index in [4.69, 9.17) is 4.74 Å². The molecule has 0 aromatic carbocycles. The van der Waals surface area contributed by atoms with Gasteiger partial charge in [0.25, 0.3) is 0 Å². The second-order valence-electron chi connectivity index (χ2n) is 4.42. The average Bonchev–Trinajstić information content (AvgIpc) is 2.94. The van der Waals surface area contributed by atoms with Crippen LogP contribution in [0.25, 0.3) is 6.08 Å². The lowest BCUT2D eigenvalue weighted by atomic mass is 10.3. The molecule has 0 unspecified atom stereocenters. The molecule has 0 radical (unpaired) electrons. The smallest absolute Gasteiger partial charge is 0.309 e. The maximum Gasteiger partial charge on any atom is 0.309 e. The monoisotopic (exact) mass is 261 g/mol. The largest absolute Gasteiger partial charge is 0.466 e. The Hall–Kier alpha value is -1.91. The zero-order valence-corrected chi connectivity index (χ0v) is 11.2. The number of anilines is 1. The van der Waals surface area contributed by atoms with Gasteiger partial charge in [-0.15, -0.1) is 0 Å². The van der Waals surface area contributed by atoms with Gasteiger partial charge in [0.2, 0.25) is 5.95 Å². The molecule has 2 rings (SSSR count). The van der Waals surface area contributed by atoms with Gasteiger partial charge in [-0.2, -0.15) is 0 Å². The first-order valence-electron chi connectivity index (χ1n) is 6.68. The van der Waals surface area contributed by atoms with Gasteiger partial charge in [0.15, 0.2) is 0 Å². The molecule has 0 saturated carbocycles. The first kappa shape index (κ1) is 13.5. The number of aromatic nitrogens is 2. The summed E-state index contributed by atoms with van der Waals surface area (Å²) < 4.78 is 4.84. The molecule has 0 spiro atoms. The van der Waals surface area contributed by atoms with E-state index in [0.29, 0.717) is 6.61 Å². The Morgan fingerprint density at radius 1 is 1.37 bits per heavy atom. The van der Waals surface area contributed by atoms with Crippen molar-refractivity contribution in [2.24, 2.45) is 0 Å². The lowest BCUT2D eigenvalue weighted by Crippen LogP contribution is -2.20. The van der Waals surface area contributed by atoms with Gasteiger partial charge >= 0.3 is 5.97 Å². The molecule has 0 amide bonds. The summed E-state index contributed by atoms with van der Waals surface area (Å²) in [7, 11) is 0. The van der Waals surface area contributed by atoms with E-state index >= 15 is 0 Å². The maximum atomic E-state index is 11.1. The molecule has 19 heavy (non-hydrogen) atoms. The second-order valence-corrected chi connectivity index (χ2v) is 4.42. The third kappa shape index (κ3) is 4.05. The van der Waals surface area contributed by atoms with Crippen molar-refractivity contribution in [2.75, 3.05) is 24.6 Å². The number of ether oxygens (including phenoxy) is 1. The number of carbonyl (C=O) groups excluding carboxylic acids is 1. The molecular weight excluding hydrogens is 242 g/mol. The van der Waals surface area contributed by atoms with Crippen LogP contribution < -0.4 is 4.90 Å². The van der Waals surface area contributed by atoms with Gasteiger partial charge in [-0.3, -0.25) is 4.79 Å². The Bertz CT molecular complexity index is 437. The summed E-state index contributed by atoms with van der Waals surface area (Å²) in [5.41, 5.74) is 0.896. The van der Waals surface area contributed by atoms with E-state index in [1.54, 1.807) is 25.4 Å². The van der Waals surface area contributed by atoms with Crippen molar-refractivity contribution >= 4 is 18.0 Å². The van der Waals surface area contributed by atoms with Crippen LogP contribution in [-0.2, 0) is 9.53 Å². The van der Waals surface area contributed by atoms with Crippen molar-refractivity contribution in [1.29, 1.82) is 0 Å². The van der Waals surface area contributed by atoms with Crippen LogP contribution in [0.15, 0.2) is 18.5 Å². The molecule has 0 N–H and O–H groups in total. The van der Waals surface area contributed by atoms with Crippen molar-refractivity contribution in [3.63, 3.8) is 0 Å². The Kier molecular flexibility index (Phi) is 4.89. The molecule has 1 fully saturated rings. The standard InChI is InChI=1S/C14H19N3O2/c1-2-19-13(18)7-5-6-12-10-15-14(16-11-12)17-8-3-4-9-17/h5-6,10-11H,2-4,7-9H2,1H3. The fraction of sp³-hybridized carbons (Fsp3) is 0.500. The topological polar surface area (TPSA) is 55.3 Å². The molecule has 1 saturated heterocycles. The molecule has 5 nitrogen and oxygen atoms in total. The van der Waals surface area contributed by atoms with E-state index in [-0.39, 0.29) is 12.4 Å². The summed E-state index contributed by atoms with van der Waals surface area (Å²) in [4.78, 5) is 22.0. The highest BCUT2D eigenvalue weighted by Gasteiger charge is 2.13. The summed E-state index contributed by atoms with van der Waals surface area (Å²) in [6.45, 7) is 4.29. The minimum Gasteiger partial charge on any atom is -0.466 e. The predicted molar refractivity (Wildman–Crippen MR) is 73.8 cm³/mol. The van der Waals surface area contributed by atoms with E-state index in [0.717, 1.165) is 24.6 Å². The lowest BCUT2D eigenvalue weighted by Gasteiger charge is -2.14. The van der Waals surface area contributed by atoms with Crippen LogP contribution in [-0.4, -0.2) is 35.6 Å². The molecule has 0 aliphatic carbocycles. The van der Waals surface area contributed by atoms with Gasteiger partial charge < -0.3 is 9.64 Å². The number of carbonyl (C=O) groups is 1. The van der Waals surface area contributed by atoms with Crippen LogP contribution in [0.5, 0.6) is 0 Å². The van der Waals surface area contributed by atoms with Crippen LogP contribution in [0.4, 0.5) is 5.95 Å². The molecule has 5 heteroatoms. The Balaban J connectivity index is 1.87. The van der Waals surface area contributed by atoms with Crippen LogP contribution in [0.3, 0.4) is 0 Å². The molecule has 2 heterocycles. The third-order valence-electron chi connectivity index (χ3n) is 2.95. The fourth-order valence-corrected chi connectivity index (χ4v) is 2.01. The van der Waals surface area contributed by atoms with Gasteiger partial charge in [-0.05, 0) is 19.8 Å². The summed E-state index contributed by atoms with van der Waals surface area (Å²) in [6.07, 6.45) is 9.87. The average molecular weight is 261 g/mol.